The first-order chi connectivity index (χ1) is 4.84. The van der Waals surface area contributed by atoms with Gasteiger partial charge in [0.05, 0.1) is 5.51 Å². The molecule has 1 heterocycles. The molecule has 0 radical (unpaired) electrons. The molecule has 0 aliphatic rings. The van der Waals surface area contributed by atoms with Gasteiger partial charge in [0, 0.05) is 4.88 Å². The van der Waals surface area contributed by atoms with E-state index in [0.29, 0.717) is 5.15 Å². The molecule has 1 aromatic heterocycles. The Labute approximate surface area is 71.1 Å². The van der Waals surface area contributed by atoms with E-state index in [2.05, 4.69) is 11.9 Å². The minimum Gasteiger partial charge on any atom is -0.233 e. The molecule has 0 fully saturated rings. The van der Waals surface area contributed by atoms with Gasteiger partial charge < -0.3 is 0 Å². The molecule has 0 aliphatic carbocycles. The zero-order valence-electron chi connectivity index (χ0n) is 6.52. The van der Waals surface area contributed by atoms with Crippen LogP contribution in [-0.2, 0) is 6.42 Å². The van der Waals surface area contributed by atoms with E-state index in [9.17, 15) is 0 Å². The third-order valence-corrected chi connectivity index (χ3v) is 2.33. The van der Waals surface area contributed by atoms with Crippen LogP contribution in [0.25, 0.3) is 0 Å². The number of rotatable bonds is 1. The number of hydrogen-bond acceptors (Lipinski definition) is 2. The number of thiazole rings is 1. The third-order valence-electron chi connectivity index (χ3n) is 0.912. The number of hydrogen-bond donors (Lipinski definition) is 0. The molecular formula is C7H12ClNS. The van der Waals surface area contributed by atoms with Crippen LogP contribution in [0.3, 0.4) is 0 Å². The Kier molecular flexibility index (Phi) is 5.64. The van der Waals surface area contributed by atoms with Crippen LogP contribution in [0.1, 0.15) is 25.6 Å². The van der Waals surface area contributed by atoms with Gasteiger partial charge in [0.2, 0.25) is 0 Å². The Morgan fingerprint density at radius 3 is 2.40 bits per heavy atom. The molecule has 0 saturated heterocycles. The van der Waals surface area contributed by atoms with E-state index in [1.54, 1.807) is 16.8 Å². The first kappa shape index (κ1) is 9.92. The van der Waals surface area contributed by atoms with E-state index in [4.69, 9.17) is 11.6 Å². The normalized spacial score (nSPS) is 8.40. The summed E-state index contributed by atoms with van der Waals surface area (Å²) in [6.45, 7) is 6.07. The Bertz CT molecular complexity index is 174. The second-order valence-corrected chi connectivity index (χ2v) is 2.72. The van der Waals surface area contributed by atoms with Gasteiger partial charge in [0.15, 0.2) is 0 Å². The zero-order valence-corrected chi connectivity index (χ0v) is 8.09. The van der Waals surface area contributed by atoms with E-state index in [1.807, 2.05) is 13.8 Å². The fourth-order valence-electron chi connectivity index (χ4n) is 0.486. The molecule has 0 amide bonds. The van der Waals surface area contributed by atoms with Gasteiger partial charge in [-0.3, -0.25) is 0 Å². The molecule has 0 bridgehead atoms. The topological polar surface area (TPSA) is 12.9 Å². The van der Waals surface area contributed by atoms with Gasteiger partial charge in [0.25, 0.3) is 0 Å². The molecule has 58 valence electrons. The molecular weight excluding hydrogens is 166 g/mol. The van der Waals surface area contributed by atoms with Crippen molar-refractivity contribution in [1.82, 2.24) is 4.98 Å². The highest BCUT2D eigenvalue weighted by atomic mass is 35.5. The number of aromatic nitrogens is 1. The van der Waals surface area contributed by atoms with E-state index in [1.165, 1.54) is 4.88 Å². The summed E-state index contributed by atoms with van der Waals surface area (Å²) in [6, 6.07) is 0. The SMILES string of the molecule is CC.CCc1scnc1Cl. The Morgan fingerprint density at radius 2 is 2.20 bits per heavy atom. The molecule has 0 saturated carbocycles. The molecule has 1 aromatic rings. The van der Waals surface area contributed by atoms with Crippen molar-refractivity contribution in [3.8, 4) is 0 Å². The van der Waals surface area contributed by atoms with Crippen LogP contribution in [0.5, 0.6) is 0 Å². The van der Waals surface area contributed by atoms with Gasteiger partial charge in [0.1, 0.15) is 5.15 Å². The van der Waals surface area contributed by atoms with Crippen LogP contribution in [-0.4, -0.2) is 4.98 Å². The lowest BCUT2D eigenvalue weighted by molar-refractivity contribution is 1.17. The highest BCUT2D eigenvalue weighted by molar-refractivity contribution is 7.10. The predicted octanol–water partition coefficient (Wildman–Crippen LogP) is 3.39. The zero-order chi connectivity index (χ0) is 7.98. The molecule has 3 heteroatoms. The quantitative estimate of drug-likeness (QED) is 0.641. The number of nitrogens with zero attached hydrogens (tertiary/aromatic N) is 1. The van der Waals surface area contributed by atoms with Gasteiger partial charge in [-0.15, -0.1) is 11.3 Å². The molecule has 1 rings (SSSR count). The van der Waals surface area contributed by atoms with Gasteiger partial charge in [-0.2, -0.15) is 0 Å². The van der Waals surface area contributed by atoms with Crippen molar-refractivity contribution in [3.63, 3.8) is 0 Å². The average Bonchev–Trinajstić information content (AvgIpc) is 2.39. The largest absolute Gasteiger partial charge is 0.233 e. The Balaban J connectivity index is 0.000000371. The molecule has 0 unspecified atom stereocenters. The average molecular weight is 178 g/mol. The van der Waals surface area contributed by atoms with Crippen molar-refractivity contribution in [3.05, 3.63) is 15.5 Å². The minimum absolute atomic E-state index is 0.664. The summed E-state index contributed by atoms with van der Waals surface area (Å²) in [5.74, 6) is 0. The summed E-state index contributed by atoms with van der Waals surface area (Å²) in [5, 5.41) is 0.664. The molecule has 0 N–H and O–H groups in total. The van der Waals surface area contributed by atoms with Crippen molar-refractivity contribution < 1.29 is 0 Å². The van der Waals surface area contributed by atoms with Crippen LogP contribution in [0.2, 0.25) is 5.15 Å². The van der Waals surface area contributed by atoms with Gasteiger partial charge in [-0.1, -0.05) is 32.4 Å². The predicted molar refractivity (Wildman–Crippen MR) is 47.9 cm³/mol. The Morgan fingerprint density at radius 1 is 1.60 bits per heavy atom. The monoisotopic (exact) mass is 177 g/mol. The highest BCUT2D eigenvalue weighted by Crippen LogP contribution is 2.17. The smallest absolute Gasteiger partial charge is 0.143 e. The van der Waals surface area contributed by atoms with E-state index in [0.717, 1.165) is 6.42 Å². The maximum absolute atomic E-state index is 5.64. The summed E-state index contributed by atoms with van der Waals surface area (Å²) in [4.78, 5) is 5.04. The highest BCUT2D eigenvalue weighted by Gasteiger charge is 1.97. The fraction of sp³-hybridized carbons (Fsp3) is 0.571. The number of halogens is 1. The van der Waals surface area contributed by atoms with Gasteiger partial charge >= 0.3 is 0 Å². The summed E-state index contributed by atoms with van der Waals surface area (Å²) < 4.78 is 0. The van der Waals surface area contributed by atoms with Gasteiger partial charge in [-0.25, -0.2) is 4.98 Å². The standard InChI is InChI=1S/C5H6ClNS.C2H6/c1-2-4-5(6)7-3-8-4;1-2/h3H,2H2,1H3;1-2H3. The third kappa shape index (κ3) is 2.67. The van der Waals surface area contributed by atoms with Crippen LogP contribution < -0.4 is 0 Å². The van der Waals surface area contributed by atoms with Gasteiger partial charge in [-0.05, 0) is 6.42 Å². The van der Waals surface area contributed by atoms with Crippen molar-refractivity contribution >= 4 is 22.9 Å². The van der Waals surface area contributed by atoms with E-state index < -0.39 is 0 Å². The number of aryl methyl sites for hydroxylation is 1. The second-order valence-electron chi connectivity index (χ2n) is 1.42. The summed E-state index contributed by atoms with van der Waals surface area (Å²) in [7, 11) is 0. The molecule has 1 nitrogen and oxygen atoms in total. The van der Waals surface area contributed by atoms with E-state index in [-0.39, 0.29) is 0 Å². The molecule has 0 aliphatic heterocycles. The van der Waals surface area contributed by atoms with E-state index >= 15 is 0 Å². The van der Waals surface area contributed by atoms with Crippen molar-refractivity contribution in [2.45, 2.75) is 27.2 Å². The van der Waals surface area contributed by atoms with Crippen LogP contribution in [0, 0.1) is 0 Å². The minimum atomic E-state index is 0.664. The molecule has 0 atom stereocenters. The van der Waals surface area contributed by atoms with Crippen LogP contribution in [0.15, 0.2) is 5.51 Å². The molecule has 0 spiro atoms. The lowest BCUT2D eigenvalue weighted by Crippen LogP contribution is -1.70. The lowest BCUT2D eigenvalue weighted by Gasteiger charge is -1.83. The maximum atomic E-state index is 5.64. The first-order valence-electron chi connectivity index (χ1n) is 3.42. The van der Waals surface area contributed by atoms with Crippen molar-refractivity contribution in [2.24, 2.45) is 0 Å². The van der Waals surface area contributed by atoms with Crippen molar-refractivity contribution in [2.75, 3.05) is 0 Å². The van der Waals surface area contributed by atoms with Crippen molar-refractivity contribution in [1.29, 1.82) is 0 Å². The Hall–Kier alpha value is -0.0800. The lowest BCUT2D eigenvalue weighted by atomic mass is 10.4. The van der Waals surface area contributed by atoms with Crippen LogP contribution in [0.4, 0.5) is 0 Å². The first-order valence-corrected chi connectivity index (χ1v) is 4.68. The summed E-state index contributed by atoms with van der Waals surface area (Å²) >= 11 is 7.25. The fourth-order valence-corrected chi connectivity index (χ4v) is 1.46. The van der Waals surface area contributed by atoms with Crippen LogP contribution >= 0.6 is 22.9 Å². The molecule has 10 heavy (non-hydrogen) atoms. The summed E-state index contributed by atoms with van der Waals surface area (Å²) in [5.41, 5.74) is 1.77. The molecule has 0 aromatic carbocycles. The maximum Gasteiger partial charge on any atom is 0.143 e. The second kappa shape index (κ2) is 5.69. The summed E-state index contributed by atoms with van der Waals surface area (Å²) in [6.07, 6.45) is 0.990.